The number of hydrogen-bond acceptors (Lipinski definition) is 5. The molecule has 1 unspecified atom stereocenters. The van der Waals surface area contributed by atoms with Gasteiger partial charge in [0, 0.05) is 24.2 Å². The number of hydrogen-bond donors (Lipinski definition) is 0. The summed E-state index contributed by atoms with van der Waals surface area (Å²) in [5, 5.41) is 0.900. The number of fused-ring (bicyclic) bond motifs is 1. The first-order chi connectivity index (χ1) is 12.4. The van der Waals surface area contributed by atoms with Crippen LogP contribution >= 0.6 is 0 Å². The van der Waals surface area contributed by atoms with E-state index >= 15 is 0 Å². The van der Waals surface area contributed by atoms with Gasteiger partial charge < -0.3 is 0 Å². The van der Waals surface area contributed by atoms with E-state index in [1.54, 1.807) is 12.3 Å². The van der Waals surface area contributed by atoms with Crippen LogP contribution in [0.25, 0.3) is 10.9 Å². The molecule has 1 saturated carbocycles. The maximum atomic E-state index is 13.2. The molecule has 4 rings (SSSR count). The summed E-state index contributed by atoms with van der Waals surface area (Å²) in [4.78, 5) is 4.34. The maximum Gasteiger partial charge on any atom is 0.218 e. The smallest absolute Gasteiger partial charge is 0.218 e. The quantitative estimate of drug-likeness (QED) is 0.791. The maximum absolute atomic E-state index is 13.2. The molecule has 0 N–H and O–H groups in total. The average Bonchev–Trinajstić information content (AvgIpc) is 2.52. The number of nitrogens with zero attached hydrogens (tertiary/aromatic N) is 2. The fourth-order valence-electron chi connectivity index (χ4n) is 3.93. The SMILES string of the molecule is O=S1(=O)CCN(S(=O)(=O)Cc2cccc3cccnc23)C(C2CCC2)C1. The molecule has 1 aromatic heterocycles. The third-order valence-corrected chi connectivity index (χ3v) is 9.02. The van der Waals surface area contributed by atoms with Crippen molar-refractivity contribution in [3.63, 3.8) is 0 Å². The van der Waals surface area contributed by atoms with Gasteiger partial charge in [0.05, 0.1) is 22.8 Å². The Bertz CT molecular complexity index is 1020. The Morgan fingerprint density at radius 2 is 1.92 bits per heavy atom. The second kappa shape index (κ2) is 6.58. The number of pyridine rings is 1. The minimum Gasteiger partial charge on any atom is -0.256 e. The van der Waals surface area contributed by atoms with E-state index in [0.29, 0.717) is 11.1 Å². The predicted molar refractivity (Wildman–Crippen MR) is 101 cm³/mol. The van der Waals surface area contributed by atoms with Crippen LogP contribution in [0.3, 0.4) is 0 Å². The van der Waals surface area contributed by atoms with Gasteiger partial charge in [0.1, 0.15) is 0 Å². The lowest BCUT2D eigenvalue weighted by atomic mass is 9.80. The molecule has 1 saturated heterocycles. The Morgan fingerprint density at radius 1 is 1.15 bits per heavy atom. The zero-order chi connectivity index (χ0) is 18.4. The molecule has 1 aliphatic heterocycles. The molecule has 26 heavy (non-hydrogen) atoms. The van der Waals surface area contributed by atoms with E-state index in [1.807, 2.05) is 24.3 Å². The van der Waals surface area contributed by atoms with Crippen LogP contribution in [0.4, 0.5) is 0 Å². The zero-order valence-electron chi connectivity index (χ0n) is 14.4. The molecule has 0 spiro atoms. The van der Waals surface area contributed by atoms with E-state index in [-0.39, 0.29) is 29.7 Å². The van der Waals surface area contributed by atoms with Gasteiger partial charge in [-0.3, -0.25) is 4.98 Å². The first kappa shape index (κ1) is 17.9. The topological polar surface area (TPSA) is 84.4 Å². The van der Waals surface area contributed by atoms with Crippen molar-refractivity contribution in [2.45, 2.75) is 31.1 Å². The molecule has 1 atom stereocenters. The average molecular weight is 395 g/mol. The third kappa shape index (κ3) is 3.37. The molecule has 1 aromatic carbocycles. The molecular formula is C18H22N2O4S2. The van der Waals surface area contributed by atoms with Crippen LogP contribution in [0, 0.1) is 5.92 Å². The van der Waals surface area contributed by atoms with E-state index in [4.69, 9.17) is 0 Å². The van der Waals surface area contributed by atoms with E-state index in [9.17, 15) is 16.8 Å². The van der Waals surface area contributed by atoms with Crippen LogP contribution in [0.15, 0.2) is 36.5 Å². The van der Waals surface area contributed by atoms with Gasteiger partial charge in [0.15, 0.2) is 9.84 Å². The van der Waals surface area contributed by atoms with Crippen molar-refractivity contribution < 1.29 is 16.8 Å². The van der Waals surface area contributed by atoms with E-state index in [0.717, 1.165) is 24.6 Å². The van der Waals surface area contributed by atoms with Gasteiger partial charge in [-0.1, -0.05) is 30.7 Å². The molecule has 140 valence electrons. The van der Waals surface area contributed by atoms with E-state index in [2.05, 4.69) is 4.98 Å². The fraction of sp³-hybridized carbons (Fsp3) is 0.500. The Kier molecular flexibility index (Phi) is 4.53. The molecule has 2 aromatic rings. The Hall–Kier alpha value is -1.51. The Labute approximate surface area is 154 Å². The number of sulfone groups is 1. The minimum absolute atomic E-state index is 0.0509. The van der Waals surface area contributed by atoms with Gasteiger partial charge in [-0.25, -0.2) is 16.8 Å². The van der Waals surface area contributed by atoms with Crippen molar-refractivity contribution >= 4 is 30.8 Å². The molecule has 0 amide bonds. The van der Waals surface area contributed by atoms with Crippen LogP contribution in [0.5, 0.6) is 0 Å². The number of sulfonamides is 1. The summed E-state index contributed by atoms with van der Waals surface area (Å²) < 4.78 is 52.0. The molecule has 6 nitrogen and oxygen atoms in total. The second-order valence-corrected chi connectivity index (χ2v) is 11.4. The Balaban J connectivity index is 1.66. The summed E-state index contributed by atoms with van der Waals surface area (Å²) in [6, 6.07) is 8.83. The molecular weight excluding hydrogens is 372 g/mol. The van der Waals surface area contributed by atoms with E-state index < -0.39 is 25.9 Å². The van der Waals surface area contributed by atoms with Crippen LogP contribution in [-0.2, 0) is 25.6 Å². The highest BCUT2D eigenvalue weighted by atomic mass is 32.2. The van der Waals surface area contributed by atoms with Crippen LogP contribution < -0.4 is 0 Å². The summed E-state index contributed by atoms with van der Waals surface area (Å²) in [6.45, 7) is 0.0596. The number of benzene rings is 1. The summed E-state index contributed by atoms with van der Waals surface area (Å²) in [6.07, 6.45) is 4.51. The van der Waals surface area contributed by atoms with Gasteiger partial charge >= 0.3 is 0 Å². The molecule has 1 aliphatic carbocycles. The highest BCUT2D eigenvalue weighted by molar-refractivity contribution is 7.92. The molecule has 0 bridgehead atoms. The highest BCUT2D eigenvalue weighted by Gasteiger charge is 2.43. The van der Waals surface area contributed by atoms with Crippen molar-refractivity contribution in [2.75, 3.05) is 18.1 Å². The molecule has 2 aliphatic rings. The van der Waals surface area contributed by atoms with Gasteiger partial charge in [0.2, 0.25) is 10.0 Å². The number of para-hydroxylation sites is 1. The first-order valence-corrected chi connectivity index (χ1v) is 12.3. The fourth-order valence-corrected chi connectivity index (χ4v) is 7.57. The largest absolute Gasteiger partial charge is 0.256 e. The summed E-state index contributed by atoms with van der Waals surface area (Å²) in [5.41, 5.74) is 1.34. The van der Waals surface area contributed by atoms with E-state index in [1.165, 1.54) is 4.31 Å². The molecule has 8 heteroatoms. The number of aromatic nitrogens is 1. The summed E-state index contributed by atoms with van der Waals surface area (Å²) in [7, 11) is -6.79. The standard InChI is InChI=1S/C18H22N2O4S2/c21-25(22)11-10-20(17(13-25)14-4-1-5-14)26(23,24)12-16-7-2-6-15-8-3-9-19-18(15)16/h2-3,6-9,14,17H,1,4-5,10-13H2. The van der Waals surface area contributed by atoms with Gasteiger partial charge in [-0.2, -0.15) is 4.31 Å². The summed E-state index contributed by atoms with van der Waals surface area (Å²) >= 11 is 0. The normalized spacial score (nSPS) is 24.4. The van der Waals surface area contributed by atoms with Crippen molar-refractivity contribution in [3.8, 4) is 0 Å². The second-order valence-electron chi connectivity index (χ2n) is 7.23. The first-order valence-electron chi connectivity index (χ1n) is 8.88. The lowest BCUT2D eigenvalue weighted by Crippen LogP contribution is -2.55. The number of rotatable bonds is 4. The molecule has 2 heterocycles. The monoisotopic (exact) mass is 394 g/mol. The highest BCUT2D eigenvalue weighted by Crippen LogP contribution is 2.36. The lowest BCUT2D eigenvalue weighted by Gasteiger charge is -2.42. The molecule has 0 radical (unpaired) electrons. The lowest BCUT2D eigenvalue weighted by molar-refractivity contribution is 0.175. The minimum atomic E-state index is -3.62. The van der Waals surface area contributed by atoms with Crippen molar-refractivity contribution in [3.05, 3.63) is 42.1 Å². The zero-order valence-corrected chi connectivity index (χ0v) is 16.0. The molecule has 2 fully saturated rings. The van der Waals surface area contributed by atoms with Crippen LogP contribution in [0.1, 0.15) is 24.8 Å². The predicted octanol–water partition coefficient (Wildman–Crippen LogP) is 1.96. The third-order valence-electron chi connectivity index (χ3n) is 5.52. The van der Waals surface area contributed by atoms with Gasteiger partial charge in [0.25, 0.3) is 0 Å². The van der Waals surface area contributed by atoms with Crippen LogP contribution in [-0.4, -0.2) is 50.2 Å². The van der Waals surface area contributed by atoms with Crippen molar-refractivity contribution in [1.82, 2.24) is 9.29 Å². The van der Waals surface area contributed by atoms with Crippen molar-refractivity contribution in [2.24, 2.45) is 5.92 Å². The van der Waals surface area contributed by atoms with Gasteiger partial charge in [-0.15, -0.1) is 0 Å². The van der Waals surface area contributed by atoms with Crippen molar-refractivity contribution in [1.29, 1.82) is 0 Å². The van der Waals surface area contributed by atoms with Gasteiger partial charge in [-0.05, 0) is 30.4 Å². The Morgan fingerprint density at radius 3 is 2.65 bits per heavy atom. The summed E-state index contributed by atoms with van der Waals surface area (Å²) in [5.74, 6) is -0.135. The van der Waals surface area contributed by atoms with Crippen LogP contribution in [0.2, 0.25) is 0 Å².